The maximum Gasteiger partial charge on any atom is 0.0967 e. The molecule has 0 aliphatic carbocycles. The number of hydrogen-bond donors (Lipinski definition) is 0. The van der Waals surface area contributed by atoms with Crippen LogP contribution in [0.5, 0.6) is 0 Å². The zero-order valence-corrected chi connectivity index (χ0v) is 22.1. The molecule has 0 fully saturated rings. The van der Waals surface area contributed by atoms with Gasteiger partial charge in [-0.25, -0.2) is 0 Å². The molecule has 0 saturated carbocycles. The molecule has 0 aliphatic heterocycles. The Hall–Kier alpha value is -3.56. The molecule has 3 heteroatoms. The summed E-state index contributed by atoms with van der Waals surface area (Å²) in [5.41, 5.74) is 7.90. The van der Waals surface area contributed by atoms with Crippen LogP contribution in [0.15, 0.2) is 133 Å². The molecule has 4 rings (SSSR count). The van der Waals surface area contributed by atoms with Crippen molar-refractivity contribution in [3.63, 3.8) is 0 Å². The van der Waals surface area contributed by atoms with E-state index in [0.29, 0.717) is 0 Å². The highest BCUT2D eigenvalue weighted by atomic mass is 28.3. The van der Waals surface area contributed by atoms with Crippen molar-refractivity contribution in [1.29, 1.82) is 0 Å². The molecule has 0 saturated heterocycles. The van der Waals surface area contributed by atoms with Crippen molar-refractivity contribution in [3.05, 3.63) is 155 Å². The van der Waals surface area contributed by atoms with Gasteiger partial charge in [0.25, 0.3) is 0 Å². The molecule has 0 heterocycles. The summed E-state index contributed by atoms with van der Waals surface area (Å²) >= 11 is 0. The van der Waals surface area contributed by atoms with E-state index in [1.165, 1.54) is 28.1 Å². The van der Waals surface area contributed by atoms with E-state index in [4.69, 9.17) is 0 Å². The van der Waals surface area contributed by atoms with Crippen molar-refractivity contribution in [2.75, 3.05) is 0 Å². The minimum absolute atomic E-state index is 0.878. The van der Waals surface area contributed by atoms with Gasteiger partial charge in [-0.3, -0.25) is 0 Å². The maximum atomic E-state index is 2.57. The highest BCUT2D eigenvalue weighted by molar-refractivity contribution is 6.61. The molecule has 0 aliphatic rings. The third-order valence-corrected chi connectivity index (χ3v) is 6.96. The van der Waals surface area contributed by atoms with Crippen molar-refractivity contribution in [1.82, 2.24) is 9.80 Å². The first-order chi connectivity index (χ1) is 17.2. The Morgan fingerprint density at radius 3 is 0.971 bits per heavy atom. The van der Waals surface area contributed by atoms with Gasteiger partial charge in [-0.15, -0.1) is 0 Å². The van der Waals surface area contributed by atoms with Crippen LogP contribution in [0.2, 0.25) is 13.1 Å². The summed E-state index contributed by atoms with van der Waals surface area (Å²) in [6, 6.07) is 43.4. The number of benzene rings is 4. The van der Waals surface area contributed by atoms with Crippen LogP contribution in [0.25, 0.3) is 0 Å². The van der Waals surface area contributed by atoms with Gasteiger partial charge >= 0.3 is 0 Å². The van der Waals surface area contributed by atoms with Crippen molar-refractivity contribution in [3.8, 4) is 0 Å². The quantitative estimate of drug-likeness (QED) is 0.210. The minimum atomic E-state index is -1.02. The fourth-order valence-electron chi connectivity index (χ4n) is 4.36. The Balaban J connectivity index is 1.74. The van der Waals surface area contributed by atoms with E-state index in [-0.39, 0.29) is 0 Å². The second-order valence-electron chi connectivity index (χ2n) is 9.42. The minimum Gasteiger partial charge on any atom is -0.350 e. The van der Waals surface area contributed by atoms with Gasteiger partial charge in [0.05, 0.1) is 14.6 Å². The number of hydrogen-bond acceptors (Lipinski definition) is 2. The first-order valence-electron chi connectivity index (χ1n) is 12.5. The van der Waals surface area contributed by atoms with Crippen molar-refractivity contribution >= 4 is 8.80 Å². The van der Waals surface area contributed by atoms with Crippen LogP contribution in [0.1, 0.15) is 22.3 Å². The summed E-state index contributed by atoms with van der Waals surface area (Å²) in [5.74, 6) is 1.34. The molecular formula is C32H36N2Si. The zero-order valence-electron chi connectivity index (χ0n) is 20.9. The van der Waals surface area contributed by atoms with Crippen LogP contribution in [-0.4, -0.2) is 18.6 Å². The van der Waals surface area contributed by atoms with E-state index < -0.39 is 8.80 Å². The molecule has 0 radical (unpaired) electrons. The fraction of sp³-hybridized carbons (Fsp3) is 0.188. The molecular weight excluding hydrogens is 440 g/mol. The van der Waals surface area contributed by atoms with Gasteiger partial charge in [0.1, 0.15) is 0 Å². The van der Waals surface area contributed by atoms with E-state index in [1.807, 2.05) is 0 Å². The Morgan fingerprint density at radius 2 is 0.743 bits per heavy atom. The van der Waals surface area contributed by atoms with Gasteiger partial charge in [-0.1, -0.05) is 140 Å². The summed E-state index contributed by atoms with van der Waals surface area (Å²) in [4.78, 5) is 5.15. The lowest BCUT2D eigenvalue weighted by Gasteiger charge is -2.37. The largest absolute Gasteiger partial charge is 0.350 e. The highest BCUT2D eigenvalue weighted by Crippen LogP contribution is 2.24. The molecule has 178 valence electrons. The summed E-state index contributed by atoms with van der Waals surface area (Å²) < 4.78 is 0. The first-order valence-corrected chi connectivity index (χ1v) is 15.5. The van der Waals surface area contributed by atoms with Crippen molar-refractivity contribution in [2.45, 2.75) is 39.3 Å². The molecule has 35 heavy (non-hydrogen) atoms. The summed E-state index contributed by atoms with van der Waals surface area (Å²) in [6.45, 7) is 8.33. The zero-order chi connectivity index (χ0) is 24.3. The molecule has 0 N–H and O–H groups in total. The van der Waals surface area contributed by atoms with E-state index in [1.54, 1.807) is 0 Å². The smallest absolute Gasteiger partial charge is 0.0967 e. The molecule has 4 aromatic carbocycles. The van der Waals surface area contributed by atoms with Gasteiger partial charge in [0, 0.05) is 26.2 Å². The first kappa shape index (κ1) is 24.6. The van der Waals surface area contributed by atoms with Crippen LogP contribution < -0.4 is 0 Å². The van der Waals surface area contributed by atoms with Gasteiger partial charge in [0.15, 0.2) is 0 Å². The molecule has 0 unspecified atom stereocenters. The summed E-state index contributed by atoms with van der Waals surface area (Å²) in [6.07, 6.45) is 0. The van der Waals surface area contributed by atoms with Gasteiger partial charge in [-0.05, 0) is 22.3 Å². The van der Waals surface area contributed by atoms with Crippen LogP contribution >= 0.6 is 0 Å². The average molecular weight is 477 g/mol. The van der Waals surface area contributed by atoms with E-state index in [9.17, 15) is 0 Å². The Morgan fingerprint density at radius 1 is 0.486 bits per heavy atom. The van der Waals surface area contributed by atoms with Gasteiger partial charge < -0.3 is 9.80 Å². The lowest BCUT2D eigenvalue weighted by Crippen LogP contribution is -2.35. The Bertz CT molecular complexity index is 987. The average Bonchev–Trinajstić information content (AvgIpc) is 2.89. The van der Waals surface area contributed by atoms with Crippen LogP contribution in [-0.2, 0) is 26.2 Å². The summed E-state index contributed by atoms with van der Waals surface area (Å²) in [5, 5.41) is 0. The third kappa shape index (κ3) is 7.73. The number of rotatable bonds is 11. The van der Waals surface area contributed by atoms with E-state index >= 15 is 0 Å². The molecule has 0 aromatic heterocycles. The predicted molar refractivity (Wildman–Crippen MR) is 151 cm³/mol. The molecule has 0 amide bonds. The topological polar surface area (TPSA) is 6.48 Å². The second-order valence-corrected chi connectivity index (χ2v) is 12.2. The maximum absolute atomic E-state index is 2.57. The Kier molecular flexibility index (Phi) is 8.96. The summed E-state index contributed by atoms with van der Waals surface area (Å²) in [7, 11) is -1.02. The highest BCUT2D eigenvalue weighted by Gasteiger charge is 2.20. The van der Waals surface area contributed by atoms with Gasteiger partial charge in [-0.2, -0.15) is 0 Å². The molecule has 0 atom stereocenters. The Labute approximate surface area is 212 Å². The molecule has 0 bridgehead atoms. The van der Waals surface area contributed by atoms with E-state index in [0.717, 1.165) is 26.2 Å². The van der Waals surface area contributed by atoms with Crippen LogP contribution in [0.4, 0.5) is 0 Å². The SMILES string of the molecule is C[SiH](C)C=C(N(Cc1ccccc1)Cc1ccccc1)N(Cc1ccccc1)Cc1ccccc1. The standard InChI is InChI=1S/C32H36N2Si/c1-35(2)27-32(33(23-28-15-7-3-8-16-28)24-29-17-9-4-10-18-29)34(25-30-19-11-5-12-20-30)26-31-21-13-6-14-22-31/h3-22,27,35H,23-26H2,1-2H3. The fourth-order valence-corrected chi connectivity index (χ4v) is 5.38. The third-order valence-electron chi connectivity index (χ3n) is 6.00. The van der Waals surface area contributed by atoms with Crippen molar-refractivity contribution < 1.29 is 0 Å². The van der Waals surface area contributed by atoms with Crippen LogP contribution in [0.3, 0.4) is 0 Å². The van der Waals surface area contributed by atoms with Gasteiger partial charge in [0.2, 0.25) is 0 Å². The van der Waals surface area contributed by atoms with Crippen LogP contribution in [0, 0.1) is 0 Å². The monoisotopic (exact) mass is 476 g/mol. The second kappa shape index (κ2) is 12.8. The molecule has 0 spiro atoms. The molecule has 2 nitrogen and oxygen atoms in total. The lowest BCUT2D eigenvalue weighted by molar-refractivity contribution is 0.186. The van der Waals surface area contributed by atoms with E-state index in [2.05, 4.69) is 150 Å². The predicted octanol–water partition coefficient (Wildman–Crippen LogP) is 7.26. The normalized spacial score (nSPS) is 10.7. The lowest BCUT2D eigenvalue weighted by atomic mass is 10.1. The van der Waals surface area contributed by atoms with Crippen molar-refractivity contribution in [2.24, 2.45) is 0 Å². The molecule has 4 aromatic rings. The number of nitrogens with zero attached hydrogens (tertiary/aromatic N) is 2.